The van der Waals surface area contributed by atoms with Crippen molar-refractivity contribution in [2.75, 3.05) is 5.32 Å². The van der Waals surface area contributed by atoms with Crippen LogP contribution in [0.5, 0.6) is 0 Å². The molecule has 0 aliphatic heterocycles. The van der Waals surface area contributed by atoms with E-state index in [4.69, 9.17) is 23.2 Å². The van der Waals surface area contributed by atoms with Gasteiger partial charge >= 0.3 is 0 Å². The van der Waals surface area contributed by atoms with Crippen molar-refractivity contribution < 1.29 is 0 Å². The summed E-state index contributed by atoms with van der Waals surface area (Å²) < 4.78 is 0. The van der Waals surface area contributed by atoms with Crippen LogP contribution in [0.1, 0.15) is 11.1 Å². The van der Waals surface area contributed by atoms with E-state index in [0.717, 1.165) is 27.2 Å². The highest BCUT2D eigenvalue weighted by Gasteiger charge is 2.05. The summed E-state index contributed by atoms with van der Waals surface area (Å²) in [4.78, 5) is 4.47. The zero-order chi connectivity index (χ0) is 14.8. The lowest BCUT2D eigenvalue weighted by Crippen LogP contribution is -2.01. The highest BCUT2D eigenvalue weighted by atomic mass is 35.5. The molecule has 1 N–H and O–H groups in total. The van der Waals surface area contributed by atoms with Gasteiger partial charge in [-0.1, -0.05) is 35.3 Å². The number of fused-ring (bicyclic) bond motifs is 1. The summed E-state index contributed by atoms with van der Waals surface area (Å²) >= 11 is 12.1. The summed E-state index contributed by atoms with van der Waals surface area (Å²) in [7, 11) is 0. The molecule has 0 aliphatic rings. The number of hydrogen-bond donors (Lipinski definition) is 1. The van der Waals surface area contributed by atoms with Crippen molar-refractivity contribution in [3.8, 4) is 0 Å². The third-order valence-corrected chi connectivity index (χ3v) is 3.91. The molecule has 0 spiro atoms. The number of pyridine rings is 1. The number of rotatable bonds is 3. The average molecular weight is 317 g/mol. The van der Waals surface area contributed by atoms with Crippen molar-refractivity contribution in [2.24, 2.45) is 0 Å². The second-order valence-corrected chi connectivity index (χ2v) is 5.79. The first-order valence-corrected chi connectivity index (χ1v) is 7.42. The molecular weight excluding hydrogens is 303 g/mol. The summed E-state index contributed by atoms with van der Waals surface area (Å²) in [5.74, 6) is 0. The van der Waals surface area contributed by atoms with Crippen molar-refractivity contribution in [3.63, 3.8) is 0 Å². The third kappa shape index (κ3) is 3.29. The van der Waals surface area contributed by atoms with Crippen LogP contribution in [0.4, 0.5) is 5.69 Å². The van der Waals surface area contributed by atoms with Crippen LogP contribution in [0.15, 0.2) is 48.5 Å². The van der Waals surface area contributed by atoms with Crippen LogP contribution in [-0.2, 0) is 6.54 Å². The molecule has 1 heterocycles. The molecule has 3 aromatic rings. The maximum Gasteiger partial charge on any atom is 0.134 e. The highest BCUT2D eigenvalue weighted by Crippen LogP contribution is 2.23. The Balaban J connectivity index is 1.85. The summed E-state index contributed by atoms with van der Waals surface area (Å²) in [5.41, 5.74) is 4.08. The number of anilines is 1. The van der Waals surface area contributed by atoms with Crippen LogP contribution in [0, 0.1) is 6.92 Å². The topological polar surface area (TPSA) is 24.9 Å². The fraction of sp³-hybridized carbons (Fsp3) is 0.118. The molecule has 0 radical (unpaired) electrons. The standard InChI is InChI=1S/C17H14Cl2N2/c1-11-2-3-12-9-13(17(19)21-16(12)8-11)10-20-15-6-4-14(18)5-7-15/h2-9,20H,10H2,1H3. The van der Waals surface area contributed by atoms with Gasteiger partial charge in [-0.15, -0.1) is 0 Å². The fourth-order valence-electron chi connectivity index (χ4n) is 2.19. The van der Waals surface area contributed by atoms with Crippen LogP contribution in [-0.4, -0.2) is 4.98 Å². The van der Waals surface area contributed by atoms with Gasteiger partial charge in [0.1, 0.15) is 5.15 Å². The van der Waals surface area contributed by atoms with E-state index in [0.29, 0.717) is 11.7 Å². The SMILES string of the molecule is Cc1ccc2cc(CNc3ccc(Cl)cc3)c(Cl)nc2c1. The quantitative estimate of drug-likeness (QED) is 0.649. The van der Waals surface area contributed by atoms with Gasteiger partial charge in [0.25, 0.3) is 0 Å². The van der Waals surface area contributed by atoms with Gasteiger partial charge in [-0.2, -0.15) is 0 Å². The fourth-order valence-corrected chi connectivity index (χ4v) is 2.52. The van der Waals surface area contributed by atoms with Gasteiger partial charge in [0, 0.05) is 28.2 Å². The molecule has 0 aliphatic carbocycles. The van der Waals surface area contributed by atoms with E-state index in [2.05, 4.69) is 28.5 Å². The van der Waals surface area contributed by atoms with Gasteiger partial charge in [0.15, 0.2) is 0 Å². The van der Waals surface area contributed by atoms with Gasteiger partial charge in [0.05, 0.1) is 5.52 Å². The minimum absolute atomic E-state index is 0.537. The molecule has 0 fully saturated rings. The van der Waals surface area contributed by atoms with Crippen molar-refractivity contribution in [3.05, 3.63) is 69.8 Å². The number of aromatic nitrogens is 1. The Labute approximate surface area is 133 Å². The summed E-state index contributed by atoms with van der Waals surface area (Å²) in [6.07, 6.45) is 0. The lowest BCUT2D eigenvalue weighted by atomic mass is 10.1. The van der Waals surface area contributed by atoms with Gasteiger partial charge in [-0.3, -0.25) is 0 Å². The molecule has 0 saturated heterocycles. The lowest BCUT2D eigenvalue weighted by Gasteiger charge is -2.09. The maximum absolute atomic E-state index is 6.27. The molecule has 21 heavy (non-hydrogen) atoms. The molecule has 2 aromatic carbocycles. The smallest absolute Gasteiger partial charge is 0.134 e. The van der Waals surface area contributed by atoms with Gasteiger partial charge in [-0.25, -0.2) is 4.98 Å². The first-order chi connectivity index (χ1) is 10.1. The number of halogens is 2. The molecule has 2 nitrogen and oxygen atoms in total. The predicted octanol–water partition coefficient (Wildman–Crippen LogP) is 5.46. The number of hydrogen-bond acceptors (Lipinski definition) is 2. The minimum Gasteiger partial charge on any atom is -0.381 e. The first-order valence-electron chi connectivity index (χ1n) is 6.67. The molecule has 4 heteroatoms. The number of benzene rings is 2. The second-order valence-electron chi connectivity index (χ2n) is 4.99. The van der Waals surface area contributed by atoms with E-state index < -0.39 is 0 Å². The molecule has 0 bridgehead atoms. The van der Waals surface area contributed by atoms with Crippen LogP contribution >= 0.6 is 23.2 Å². The van der Waals surface area contributed by atoms with E-state index in [1.54, 1.807) is 0 Å². The van der Waals surface area contributed by atoms with Gasteiger partial charge < -0.3 is 5.32 Å². The van der Waals surface area contributed by atoms with Crippen molar-refractivity contribution in [1.82, 2.24) is 4.98 Å². The largest absolute Gasteiger partial charge is 0.381 e. The van der Waals surface area contributed by atoms with Crippen LogP contribution in [0.25, 0.3) is 10.9 Å². The van der Waals surface area contributed by atoms with Crippen LogP contribution in [0.3, 0.4) is 0 Å². The zero-order valence-corrected chi connectivity index (χ0v) is 13.0. The summed E-state index contributed by atoms with van der Waals surface area (Å²) in [6, 6.07) is 15.8. The molecule has 0 saturated carbocycles. The van der Waals surface area contributed by atoms with E-state index in [-0.39, 0.29) is 0 Å². The average Bonchev–Trinajstić information content (AvgIpc) is 2.47. The van der Waals surface area contributed by atoms with E-state index in [9.17, 15) is 0 Å². The Morgan fingerprint density at radius 2 is 1.76 bits per heavy atom. The molecular formula is C17H14Cl2N2. The molecule has 0 amide bonds. The van der Waals surface area contributed by atoms with Crippen molar-refractivity contribution in [1.29, 1.82) is 0 Å². The maximum atomic E-state index is 6.27. The summed E-state index contributed by atoms with van der Waals surface area (Å²) in [5, 5.41) is 5.68. The van der Waals surface area contributed by atoms with Crippen molar-refractivity contribution in [2.45, 2.75) is 13.5 Å². The van der Waals surface area contributed by atoms with E-state index >= 15 is 0 Å². The molecule has 3 rings (SSSR count). The number of aryl methyl sites for hydroxylation is 1. The molecule has 0 atom stereocenters. The Hall–Kier alpha value is -1.77. The van der Waals surface area contributed by atoms with E-state index in [1.165, 1.54) is 5.56 Å². The Morgan fingerprint density at radius 1 is 1.00 bits per heavy atom. The Bertz CT molecular complexity index is 783. The van der Waals surface area contributed by atoms with Crippen LogP contribution in [0.2, 0.25) is 10.2 Å². The normalized spacial score (nSPS) is 10.8. The molecule has 1 aromatic heterocycles. The highest BCUT2D eigenvalue weighted by molar-refractivity contribution is 6.31. The number of nitrogens with zero attached hydrogens (tertiary/aromatic N) is 1. The Kier molecular flexibility index (Phi) is 4.00. The van der Waals surface area contributed by atoms with Crippen molar-refractivity contribution >= 4 is 39.8 Å². The molecule has 0 unspecified atom stereocenters. The van der Waals surface area contributed by atoms with Crippen LogP contribution < -0.4 is 5.32 Å². The number of nitrogens with one attached hydrogen (secondary N) is 1. The monoisotopic (exact) mass is 316 g/mol. The van der Waals surface area contributed by atoms with Gasteiger partial charge in [-0.05, 0) is 48.9 Å². The molecule has 106 valence electrons. The Morgan fingerprint density at radius 3 is 2.52 bits per heavy atom. The minimum atomic E-state index is 0.537. The second kappa shape index (κ2) is 5.92. The van der Waals surface area contributed by atoms with E-state index in [1.807, 2.05) is 37.3 Å². The third-order valence-electron chi connectivity index (χ3n) is 3.33. The summed E-state index contributed by atoms with van der Waals surface area (Å²) in [6.45, 7) is 2.67. The predicted molar refractivity (Wildman–Crippen MR) is 90.3 cm³/mol. The lowest BCUT2D eigenvalue weighted by molar-refractivity contribution is 1.13. The van der Waals surface area contributed by atoms with Gasteiger partial charge in [0.2, 0.25) is 0 Å². The first kappa shape index (κ1) is 14.2. The zero-order valence-electron chi connectivity index (χ0n) is 11.5.